The van der Waals surface area contributed by atoms with E-state index in [-0.39, 0.29) is 25.0 Å². The minimum atomic E-state index is -0.750. The maximum atomic E-state index is 13.7. The molecule has 0 aliphatic heterocycles. The van der Waals surface area contributed by atoms with Crippen LogP contribution in [0.3, 0.4) is 0 Å². The summed E-state index contributed by atoms with van der Waals surface area (Å²) in [7, 11) is 0. The Kier molecular flexibility index (Phi) is 9.04. The van der Waals surface area contributed by atoms with E-state index in [4.69, 9.17) is 27.9 Å². The summed E-state index contributed by atoms with van der Waals surface area (Å²) in [6, 6.07) is 27.6. The largest absolute Gasteiger partial charge is 0.483 e. The molecular formula is C30H28Cl2N2O3. The van der Waals surface area contributed by atoms with E-state index >= 15 is 0 Å². The van der Waals surface area contributed by atoms with Gasteiger partial charge in [-0.2, -0.15) is 0 Å². The molecule has 0 bridgehead atoms. The van der Waals surface area contributed by atoms with Crippen molar-refractivity contribution in [3.63, 3.8) is 0 Å². The van der Waals surface area contributed by atoms with E-state index in [1.165, 1.54) is 0 Å². The van der Waals surface area contributed by atoms with Gasteiger partial charge in [-0.05, 0) is 41.6 Å². The number of hydrogen-bond acceptors (Lipinski definition) is 3. The number of ether oxygens (including phenoxy) is 1. The molecule has 0 aliphatic carbocycles. The van der Waals surface area contributed by atoms with Gasteiger partial charge in [0.25, 0.3) is 5.91 Å². The fraction of sp³-hybridized carbons (Fsp3) is 0.200. The van der Waals surface area contributed by atoms with Gasteiger partial charge in [0.05, 0.1) is 10.0 Å². The van der Waals surface area contributed by atoms with E-state index in [9.17, 15) is 9.59 Å². The van der Waals surface area contributed by atoms with E-state index in [0.29, 0.717) is 28.8 Å². The molecule has 0 aliphatic rings. The summed E-state index contributed by atoms with van der Waals surface area (Å²) in [6.07, 6.45) is 0.355. The van der Waals surface area contributed by atoms with Gasteiger partial charge in [-0.25, -0.2) is 0 Å². The molecule has 37 heavy (non-hydrogen) atoms. The summed E-state index contributed by atoms with van der Waals surface area (Å²) >= 11 is 12.4. The number of nitrogens with zero attached hydrogens (tertiary/aromatic N) is 1. The van der Waals surface area contributed by atoms with Crippen molar-refractivity contribution < 1.29 is 14.3 Å². The number of nitrogens with one attached hydrogen (secondary N) is 1. The van der Waals surface area contributed by atoms with Crippen LogP contribution in [-0.2, 0) is 22.6 Å². The number of benzene rings is 4. The first kappa shape index (κ1) is 26.5. The Morgan fingerprint density at radius 2 is 1.59 bits per heavy atom. The first-order chi connectivity index (χ1) is 18.0. The van der Waals surface area contributed by atoms with E-state index in [1.54, 1.807) is 23.1 Å². The molecule has 0 radical (unpaired) electrons. The lowest BCUT2D eigenvalue weighted by Gasteiger charge is -2.31. The quantitative estimate of drug-likeness (QED) is 0.259. The Bertz CT molecular complexity index is 1370. The van der Waals surface area contributed by atoms with E-state index in [0.717, 1.165) is 21.9 Å². The maximum Gasteiger partial charge on any atom is 0.261 e. The van der Waals surface area contributed by atoms with Gasteiger partial charge in [0.2, 0.25) is 5.91 Å². The highest BCUT2D eigenvalue weighted by Gasteiger charge is 2.30. The van der Waals surface area contributed by atoms with E-state index in [2.05, 4.69) is 5.32 Å². The lowest BCUT2D eigenvalue weighted by molar-refractivity contribution is -0.142. The van der Waals surface area contributed by atoms with Crippen LogP contribution in [0.4, 0.5) is 0 Å². The summed E-state index contributed by atoms with van der Waals surface area (Å²) in [4.78, 5) is 28.5. The molecule has 1 atom stereocenters. The molecule has 0 fully saturated rings. The molecule has 0 heterocycles. The summed E-state index contributed by atoms with van der Waals surface area (Å²) < 4.78 is 6.01. The van der Waals surface area contributed by atoms with Gasteiger partial charge in [-0.15, -0.1) is 0 Å². The predicted molar refractivity (Wildman–Crippen MR) is 149 cm³/mol. The highest BCUT2D eigenvalue weighted by molar-refractivity contribution is 6.42. The van der Waals surface area contributed by atoms with Crippen LogP contribution in [0, 0.1) is 0 Å². The summed E-state index contributed by atoms with van der Waals surface area (Å²) in [6.45, 7) is 2.25. The summed E-state index contributed by atoms with van der Waals surface area (Å²) in [5.41, 5.74) is 1.70. The standard InChI is InChI=1S/C30H28Cl2N2O3/c1-2-33-30(36)27(18-21-9-4-3-5-10-21)34(19-22-15-16-25(31)26(32)17-22)29(35)20-37-28-14-8-12-23-11-6-7-13-24(23)28/h3-17,27H,2,18-20H2,1H3,(H,33,36). The lowest BCUT2D eigenvalue weighted by atomic mass is 10.0. The third kappa shape index (κ3) is 6.82. The second-order valence-electron chi connectivity index (χ2n) is 8.64. The van der Waals surface area contributed by atoms with Gasteiger partial charge < -0.3 is 15.0 Å². The molecule has 0 saturated carbocycles. The maximum absolute atomic E-state index is 13.7. The van der Waals surface area contributed by atoms with Crippen molar-refractivity contribution in [3.05, 3.63) is 112 Å². The number of amides is 2. The van der Waals surface area contributed by atoms with E-state index < -0.39 is 6.04 Å². The van der Waals surface area contributed by atoms with Crippen LogP contribution in [0.15, 0.2) is 91.0 Å². The van der Waals surface area contributed by atoms with Crippen molar-refractivity contribution in [2.75, 3.05) is 13.2 Å². The van der Waals surface area contributed by atoms with Crippen molar-refractivity contribution in [1.29, 1.82) is 0 Å². The molecule has 1 unspecified atom stereocenters. The first-order valence-electron chi connectivity index (χ1n) is 12.1. The number of carbonyl (C=O) groups excluding carboxylic acids is 2. The zero-order valence-electron chi connectivity index (χ0n) is 20.5. The van der Waals surface area contributed by atoms with Crippen molar-refractivity contribution in [3.8, 4) is 5.75 Å². The number of rotatable bonds is 10. The molecular weight excluding hydrogens is 507 g/mol. The van der Waals surface area contributed by atoms with Gasteiger partial charge >= 0.3 is 0 Å². The number of halogens is 2. The zero-order chi connectivity index (χ0) is 26.2. The zero-order valence-corrected chi connectivity index (χ0v) is 22.0. The Hall–Kier alpha value is -3.54. The van der Waals surface area contributed by atoms with Crippen molar-refractivity contribution in [1.82, 2.24) is 10.2 Å². The fourth-order valence-electron chi connectivity index (χ4n) is 4.22. The molecule has 0 saturated heterocycles. The monoisotopic (exact) mass is 534 g/mol. The number of hydrogen-bond donors (Lipinski definition) is 1. The second kappa shape index (κ2) is 12.6. The molecule has 0 spiro atoms. The number of likely N-dealkylation sites (N-methyl/N-ethyl adjacent to an activating group) is 1. The Balaban J connectivity index is 1.64. The highest BCUT2D eigenvalue weighted by atomic mass is 35.5. The van der Waals surface area contributed by atoms with Crippen molar-refractivity contribution in [2.24, 2.45) is 0 Å². The Labute approximate surface area is 226 Å². The molecule has 1 N–H and O–H groups in total. The Morgan fingerprint density at radius 1 is 0.865 bits per heavy atom. The van der Waals surface area contributed by atoms with Gasteiger partial charge in [0.1, 0.15) is 11.8 Å². The highest BCUT2D eigenvalue weighted by Crippen LogP contribution is 2.26. The van der Waals surface area contributed by atoms with Crippen LogP contribution in [0.5, 0.6) is 5.75 Å². The van der Waals surface area contributed by atoms with Gasteiger partial charge in [-0.1, -0.05) is 96.0 Å². The average molecular weight is 535 g/mol. The lowest BCUT2D eigenvalue weighted by Crippen LogP contribution is -2.51. The van der Waals surface area contributed by atoms with Crippen LogP contribution in [0.2, 0.25) is 10.0 Å². The van der Waals surface area contributed by atoms with Gasteiger partial charge in [0.15, 0.2) is 6.61 Å². The van der Waals surface area contributed by atoms with Crippen LogP contribution in [-0.4, -0.2) is 35.9 Å². The van der Waals surface area contributed by atoms with E-state index in [1.807, 2.05) is 79.7 Å². The molecule has 4 aromatic rings. The van der Waals surface area contributed by atoms with Crippen LogP contribution >= 0.6 is 23.2 Å². The summed E-state index contributed by atoms with van der Waals surface area (Å²) in [5.74, 6) is 0.0645. The number of carbonyl (C=O) groups is 2. The normalized spacial score (nSPS) is 11.6. The Morgan fingerprint density at radius 3 is 2.35 bits per heavy atom. The topological polar surface area (TPSA) is 58.6 Å². The third-order valence-electron chi connectivity index (χ3n) is 6.06. The smallest absolute Gasteiger partial charge is 0.261 e. The van der Waals surface area contributed by atoms with Gasteiger partial charge in [0, 0.05) is 24.9 Å². The SMILES string of the molecule is CCNC(=O)C(Cc1ccccc1)N(Cc1ccc(Cl)c(Cl)c1)C(=O)COc1cccc2ccccc12. The molecule has 190 valence electrons. The van der Waals surface area contributed by atoms with Crippen LogP contribution < -0.4 is 10.1 Å². The molecule has 4 rings (SSSR count). The molecule has 2 amide bonds. The minimum absolute atomic E-state index is 0.170. The molecule has 4 aromatic carbocycles. The number of fused-ring (bicyclic) bond motifs is 1. The minimum Gasteiger partial charge on any atom is -0.483 e. The molecule has 0 aromatic heterocycles. The fourth-order valence-corrected chi connectivity index (χ4v) is 4.55. The molecule has 5 nitrogen and oxygen atoms in total. The third-order valence-corrected chi connectivity index (χ3v) is 6.80. The second-order valence-corrected chi connectivity index (χ2v) is 9.45. The average Bonchev–Trinajstić information content (AvgIpc) is 2.92. The van der Waals surface area contributed by atoms with Crippen LogP contribution in [0.1, 0.15) is 18.1 Å². The van der Waals surface area contributed by atoms with Crippen molar-refractivity contribution in [2.45, 2.75) is 25.9 Å². The first-order valence-corrected chi connectivity index (χ1v) is 12.9. The van der Waals surface area contributed by atoms with Gasteiger partial charge in [-0.3, -0.25) is 9.59 Å². The molecule has 7 heteroatoms. The van der Waals surface area contributed by atoms with Crippen molar-refractivity contribution >= 4 is 45.8 Å². The van der Waals surface area contributed by atoms with Crippen LogP contribution in [0.25, 0.3) is 10.8 Å². The predicted octanol–water partition coefficient (Wildman–Crippen LogP) is 6.30. The summed E-state index contributed by atoms with van der Waals surface area (Å²) in [5, 5.41) is 5.63.